The average molecular weight is 225 g/mol. The number of hydrogen-bond donors (Lipinski definition) is 1. The Kier molecular flexibility index (Phi) is 2.69. The number of hydrogen-bond acceptors (Lipinski definition) is 3. The summed E-state index contributed by atoms with van der Waals surface area (Å²) in [6.45, 7) is 0. The number of carbonyl (C=O) groups excluding carboxylic acids is 2. The van der Waals surface area contributed by atoms with Gasteiger partial charge in [0, 0.05) is 12.8 Å². The summed E-state index contributed by atoms with van der Waals surface area (Å²) in [7, 11) is 0. The maximum Gasteiger partial charge on any atom is 0.330 e. The Morgan fingerprint density at radius 3 is 2.00 bits per heavy atom. The van der Waals surface area contributed by atoms with E-state index < -0.39 is 11.5 Å². The molecule has 2 amide bonds. The highest BCUT2D eigenvalue weighted by molar-refractivity contribution is 6.06. The molecule has 0 unspecified atom stereocenters. The van der Waals surface area contributed by atoms with E-state index in [4.69, 9.17) is 0 Å². The highest BCUT2D eigenvalue weighted by Gasteiger charge is 2.51. The van der Waals surface area contributed by atoms with Gasteiger partial charge in [0.1, 0.15) is 5.54 Å². The van der Waals surface area contributed by atoms with Crippen LogP contribution in [0.2, 0.25) is 0 Å². The van der Waals surface area contributed by atoms with Gasteiger partial charge in [-0.25, -0.2) is 4.79 Å². The fourth-order valence-electron chi connectivity index (χ4n) is 2.72. The van der Waals surface area contributed by atoms with Gasteiger partial charge < -0.3 is 5.11 Å². The first kappa shape index (κ1) is 11.1. The van der Waals surface area contributed by atoms with E-state index in [1.807, 2.05) is 0 Å². The number of rotatable bonds is 2. The van der Waals surface area contributed by atoms with E-state index in [-0.39, 0.29) is 24.7 Å². The molecular formula is C11H15NO4. The first-order chi connectivity index (χ1) is 7.58. The zero-order valence-electron chi connectivity index (χ0n) is 9.07. The number of imide groups is 1. The van der Waals surface area contributed by atoms with E-state index in [0.717, 1.165) is 24.2 Å². The zero-order valence-corrected chi connectivity index (χ0v) is 9.07. The molecule has 1 N–H and O–H groups in total. The van der Waals surface area contributed by atoms with Crippen molar-refractivity contribution in [2.45, 2.75) is 50.5 Å². The Morgan fingerprint density at radius 2 is 1.56 bits per heavy atom. The molecule has 0 aromatic heterocycles. The number of nitrogens with zero attached hydrogens (tertiary/aromatic N) is 1. The van der Waals surface area contributed by atoms with Crippen LogP contribution in [0.25, 0.3) is 0 Å². The summed E-state index contributed by atoms with van der Waals surface area (Å²) in [5.41, 5.74) is -1.25. The lowest BCUT2D eigenvalue weighted by Crippen LogP contribution is -2.57. The third kappa shape index (κ3) is 1.50. The summed E-state index contributed by atoms with van der Waals surface area (Å²) in [6.07, 6.45) is 3.64. The van der Waals surface area contributed by atoms with E-state index >= 15 is 0 Å². The lowest BCUT2D eigenvalue weighted by molar-refractivity contribution is -0.165. The molecule has 88 valence electrons. The van der Waals surface area contributed by atoms with Gasteiger partial charge in [-0.05, 0) is 12.8 Å². The molecule has 0 spiro atoms. The number of carboxylic acid groups (broad SMARTS) is 1. The molecular weight excluding hydrogens is 210 g/mol. The maximum atomic E-state index is 11.6. The Hall–Kier alpha value is -1.39. The molecule has 5 heteroatoms. The Balaban J connectivity index is 2.34. The van der Waals surface area contributed by atoms with Crippen LogP contribution in [-0.4, -0.2) is 33.3 Å². The van der Waals surface area contributed by atoms with Gasteiger partial charge in [-0.1, -0.05) is 19.3 Å². The van der Waals surface area contributed by atoms with Gasteiger partial charge in [-0.2, -0.15) is 0 Å². The number of carboxylic acids is 1. The molecule has 5 nitrogen and oxygen atoms in total. The quantitative estimate of drug-likeness (QED) is 0.709. The van der Waals surface area contributed by atoms with Gasteiger partial charge in [0.05, 0.1) is 0 Å². The van der Waals surface area contributed by atoms with Crippen LogP contribution < -0.4 is 0 Å². The third-order valence-corrected chi connectivity index (χ3v) is 3.56. The van der Waals surface area contributed by atoms with Crippen LogP contribution in [0.3, 0.4) is 0 Å². The smallest absolute Gasteiger partial charge is 0.330 e. The van der Waals surface area contributed by atoms with Gasteiger partial charge in [0.25, 0.3) is 0 Å². The van der Waals surface area contributed by atoms with Gasteiger partial charge in [0.15, 0.2) is 0 Å². The van der Waals surface area contributed by atoms with E-state index in [1.54, 1.807) is 0 Å². The van der Waals surface area contributed by atoms with E-state index in [9.17, 15) is 19.5 Å². The third-order valence-electron chi connectivity index (χ3n) is 3.56. The second-order valence-electron chi connectivity index (χ2n) is 4.52. The van der Waals surface area contributed by atoms with Gasteiger partial charge in [-0.15, -0.1) is 0 Å². The minimum absolute atomic E-state index is 0.161. The van der Waals surface area contributed by atoms with Crippen LogP contribution in [0.1, 0.15) is 44.9 Å². The second-order valence-corrected chi connectivity index (χ2v) is 4.52. The number of likely N-dealkylation sites (tertiary alicyclic amines) is 1. The molecule has 0 atom stereocenters. The normalized spacial score (nSPS) is 24.9. The van der Waals surface area contributed by atoms with Crippen molar-refractivity contribution in [1.29, 1.82) is 0 Å². The molecule has 2 rings (SSSR count). The van der Waals surface area contributed by atoms with Crippen molar-refractivity contribution in [3.8, 4) is 0 Å². The van der Waals surface area contributed by atoms with Crippen LogP contribution >= 0.6 is 0 Å². The fraction of sp³-hybridized carbons (Fsp3) is 0.727. The van der Waals surface area contributed by atoms with Gasteiger partial charge in [-0.3, -0.25) is 14.5 Å². The Labute approximate surface area is 93.4 Å². The van der Waals surface area contributed by atoms with E-state index in [2.05, 4.69) is 0 Å². The minimum atomic E-state index is -1.25. The average Bonchev–Trinajstić information content (AvgIpc) is 2.60. The van der Waals surface area contributed by atoms with Crippen molar-refractivity contribution < 1.29 is 19.5 Å². The summed E-state index contributed by atoms with van der Waals surface area (Å²) in [6, 6.07) is 0. The predicted octanol–water partition coefficient (Wildman–Crippen LogP) is 0.923. The fourth-order valence-corrected chi connectivity index (χ4v) is 2.72. The van der Waals surface area contributed by atoms with E-state index in [0.29, 0.717) is 12.8 Å². The summed E-state index contributed by atoms with van der Waals surface area (Å²) >= 11 is 0. The number of carbonyl (C=O) groups is 3. The first-order valence-electron chi connectivity index (χ1n) is 5.67. The molecule has 1 heterocycles. The second kappa shape index (κ2) is 3.88. The lowest BCUT2D eigenvalue weighted by Gasteiger charge is -2.39. The molecule has 0 radical (unpaired) electrons. The SMILES string of the molecule is O=C1CCC(=O)N1C1(C(=O)O)CCCCC1. The zero-order chi connectivity index (χ0) is 11.8. The van der Waals surface area contributed by atoms with Crippen molar-refractivity contribution in [3.05, 3.63) is 0 Å². The maximum absolute atomic E-state index is 11.6. The molecule has 16 heavy (non-hydrogen) atoms. The summed E-state index contributed by atoms with van der Waals surface area (Å²) in [5.74, 6) is -1.68. The molecule has 1 aliphatic heterocycles. The predicted molar refractivity (Wildman–Crippen MR) is 54.5 cm³/mol. The van der Waals surface area contributed by atoms with Crippen molar-refractivity contribution in [2.24, 2.45) is 0 Å². The largest absolute Gasteiger partial charge is 0.479 e. The van der Waals surface area contributed by atoms with Crippen molar-refractivity contribution in [2.75, 3.05) is 0 Å². The number of amides is 2. The molecule has 0 aromatic carbocycles. The Bertz CT molecular complexity index is 328. The first-order valence-corrected chi connectivity index (χ1v) is 5.67. The van der Waals surface area contributed by atoms with Crippen LogP contribution in [0.5, 0.6) is 0 Å². The molecule has 2 aliphatic rings. The molecule has 1 aliphatic carbocycles. The van der Waals surface area contributed by atoms with Crippen molar-refractivity contribution >= 4 is 17.8 Å². The highest BCUT2D eigenvalue weighted by Crippen LogP contribution is 2.37. The van der Waals surface area contributed by atoms with Crippen molar-refractivity contribution in [3.63, 3.8) is 0 Å². The van der Waals surface area contributed by atoms with Crippen LogP contribution in [-0.2, 0) is 14.4 Å². The van der Waals surface area contributed by atoms with Gasteiger partial charge >= 0.3 is 5.97 Å². The van der Waals surface area contributed by atoms with Gasteiger partial charge in [0.2, 0.25) is 11.8 Å². The van der Waals surface area contributed by atoms with Crippen molar-refractivity contribution in [1.82, 2.24) is 4.90 Å². The molecule has 0 bridgehead atoms. The molecule has 1 saturated carbocycles. The lowest BCUT2D eigenvalue weighted by atomic mass is 9.80. The van der Waals surface area contributed by atoms with Crippen LogP contribution in [0.15, 0.2) is 0 Å². The minimum Gasteiger partial charge on any atom is -0.479 e. The Morgan fingerprint density at radius 1 is 1.06 bits per heavy atom. The molecule has 0 aromatic rings. The monoisotopic (exact) mass is 225 g/mol. The summed E-state index contributed by atoms with van der Waals surface area (Å²) in [5, 5.41) is 9.34. The molecule has 2 fully saturated rings. The highest BCUT2D eigenvalue weighted by atomic mass is 16.4. The van der Waals surface area contributed by atoms with E-state index in [1.165, 1.54) is 0 Å². The summed E-state index contributed by atoms with van der Waals surface area (Å²) < 4.78 is 0. The number of aliphatic carboxylic acids is 1. The standard InChI is InChI=1S/C11H15NO4/c13-8-4-5-9(14)12(8)11(10(15)16)6-2-1-3-7-11/h1-7H2,(H,15,16). The van der Waals surface area contributed by atoms with Crippen LogP contribution in [0, 0.1) is 0 Å². The topological polar surface area (TPSA) is 74.7 Å². The summed E-state index contributed by atoms with van der Waals surface area (Å²) in [4.78, 5) is 35.7. The van der Waals surface area contributed by atoms with Crippen LogP contribution in [0.4, 0.5) is 0 Å². The molecule has 1 saturated heterocycles.